The molecule has 2 aromatic carbocycles. The standard InChI is InChI=1S/C32H30FN3O4/c1-17-8-20(27-13-29(37)36(3)16-35-27)9-18(2)31(17)23-6-7-26(33)32-19(4-5-24(23)32)10-22-12-28-25(14-34-22)21(15-40-28)11-30(38)39/h6-9,12-14,16,19,21H,4-5,10-11,15H2,1-3H3,(H,38,39)/t19-,21+/m0/s1. The van der Waals surface area contributed by atoms with Gasteiger partial charge < -0.3 is 14.4 Å². The van der Waals surface area contributed by atoms with Gasteiger partial charge in [0.15, 0.2) is 0 Å². The van der Waals surface area contributed by atoms with Crippen LogP contribution in [0.2, 0.25) is 0 Å². The van der Waals surface area contributed by atoms with E-state index >= 15 is 4.39 Å². The number of halogens is 1. The van der Waals surface area contributed by atoms with Crippen LogP contribution in [-0.2, 0) is 24.7 Å². The lowest BCUT2D eigenvalue weighted by atomic mass is 9.87. The number of benzene rings is 2. The minimum absolute atomic E-state index is 0.0120. The van der Waals surface area contributed by atoms with Crippen LogP contribution in [0.3, 0.4) is 0 Å². The van der Waals surface area contributed by atoms with Crippen LogP contribution in [0.1, 0.15) is 58.2 Å². The molecule has 0 fully saturated rings. The zero-order chi connectivity index (χ0) is 28.1. The van der Waals surface area contributed by atoms with Gasteiger partial charge in [0.2, 0.25) is 0 Å². The van der Waals surface area contributed by atoms with Crippen LogP contribution in [0.15, 0.2) is 53.7 Å². The zero-order valence-corrected chi connectivity index (χ0v) is 22.7. The lowest BCUT2D eigenvalue weighted by Crippen LogP contribution is -2.15. The van der Waals surface area contributed by atoms with Crippen molar-refractivity contribution < 1.29 is 19.0 Å². The van der Waals surface area contributed by atoms with E-state index in [1.165, 1.54) is 10.9 Å². The quantitative estimate of drug-likeness (QED) is 0.348. The fourth-order valence-electron chi connectivity index (χ4n) is 6.35. The van der Waals surface area contributed by atoms with E-state index in [-0.39, 0.29) is 29.6 Å². The molecule has 2 atom stereocenters. The molecule has 4 aromatic rings. The van der Waals surface area contributed by atoms with Gasteiger partial charge in [-0.15, -0.1) is 0 Å². The van der Waals surface area contributed by atoms with Crippen molar-refractivity contribution in [2.45, 2.75) is 51.4 Å². The maximum atomic E-state index is 15.3. The topological polar surface area (TPSA) is 94.3 Å². The second kappa shape index (κ2) is 10.0. The predicted molar refractivity (Wildman–Crippen MR) is 149 cm³/mol. The molecule has 3 heterocycles. The van der Waals surface area contributed by atoms with Crippen LogP contribution in [0.4, 0.5) is 4.39 Å². The van der Waals surface area contributed by atoms with Crippen LogP contribution in [0.5, 0.6) is 5.75 Å². The molecule has 2 aromatic heterocycles. The Kier molecular flexibility index (Phi) is 6.49. The van der Waals surface area contributed by atoms with Crippen molar-refractivity contribution >= 4 is 5.97 Å². The number of aryl methyl sites for hydroxylation is 3. The van der Waals surface area contributed by atoms with Crippen molar-refractivity contribution in [3.05, 3.63) is 98.6 Å². The number of fused-ring (bicyclic) bond motifs is 2. The van der Waals surface area contributed by atoms with Crippen molar-refractivity contribution in [2.24, 2.45) is 7.05 Å². The van der Waals surface area contributed by atoms with E-state index in [2.05, 4.69) is 9.97 Å². The van der Waals surface area contributed by atoms with Gasteiger partial charge in [0.05, 0.1) is 25.0 Å². The van der Waals surface area contributed by atoms with Gasteiger partial charge in [-0.1, -0.05) is 6.07 Å². The van der Waals surface area contributed by atoms with Gasteiger partial charge in [-0.2, -0.15) is 0 Å². The summed E-state index contributed by atoms with van der Waals surface area (Å²) in [4.78, 5) is 32.3. The molecule has 1 N–H and O–H groups in total. The summed E-state index contributed by atoms with van der Waals surface area (Å²) in [5.41, 5.74) is 9.03. The van der Waals surface area contributed by atoms with Gasteiger partial charge in [0, 0.05) is 48.1 Å². The highest BCUT2D eigenvalue weighted by atomic mass is 19.1. The molecule has 2 aliphatic rings. The van der Waals surface area contributed by atoms with Crippen molar-refractivity contribution in [3.8, 4) is 28.1 Å². The molecule has 1 aliphatic heterocycles. The monoisotopic (exact) mass is 539 g/mol. The maximum Gasteiger partial charge on any atom is 0.304 e. The largest absolute Gasteiger partial charge is 0.493 e. The van der Waals surface area contributed by atoms with Crippen molar-refractivity contribution in [1.82, 2.24) is 14.5 Å². The highest BCUT2D eigenvalue weighted by molar-refractivity contribution is 5.79. The van der Waals surface area contributed by atoms with Crippen molar-refractivity contribution in [3.63, 3.8) is 0 Å². The summed E-state index contributed by atoms with van der Waals surface area (Å²) < 4.78 is 22.6. The molecule has 0 saturated heterocycles. The summed E-state index contributed by atoms with van der Waals surface area (Å²) in [6, 6.07) is 11.0. The number of hydrogen-bond donors (Lipinski definition) is 1. The Morgan fingerprint density at radius 3 is 2.62 bits per heavy atom. The van der Waals surface area contributed by atoms with E-state index in [4.69, 9.17) is 9.84 Å². The molecule has 0 bridgehead atoms. The summed E-state index contributed by atoms with van der Waals surface area (Å²) >= 11 is 0. The fraction of sp³-hybridized carbons (Fsp3) is 0.312. The highest BCUT2D eigenvalue weighted by Crippen LogP contribution is 2.44. The van der Waals surface area contributed by atoms with Gasteiger partial charge in [0.25, 0.3) is 5.56 Å². The lowest BCUT2D eigenvalue weighted by molar-refractivity contribution is -0.137. The molecule has 0 radical (unpaired) electrons. The van der Waals surface area contributed by atoms with E-state index in [9.17, 15) is 9.59 Å². The third kappa shape index (κ3) is 4.57. The van der Waals surface area contributed by atoms with Crippen LogP contribution in [0.25, 0.3) is 22.4 Å². The van der Waals surface area contributed by atoms with Gasteiger partial charge in [-0.25, -0.2) is 9.37 Å². The molecular weight excluding hydrogens is 509 g/mol. The number of ether oxygens (including phenoxy) is 1. The van der Waals surface area contributed by atoms with Crippen LogP contribution >= 0.6 is 0 Å². The molecule has 1 aliphatic carbocycles. The van der Waals surface area contributed by atoms with Gasteiger partial charge >= 0.3 is 5.97 Å². The van der Waals surface area contributed by atoms with Gasteiger partial charge in [-0.05, 0) is 90.6 Å². The normalized spacial score (nSPS) is 17.4. The molecule has 0 amide bonds. The Morgan fingerprint density at radius 1 is 1.12 bits per heavy atom. The number of pyridine rings is 1. The zero-order valence-electron chi connectivity index (χ0n) is 22.7. The number of aliphatic carboxylic acids is 1. The number of carboxylic acids is 1. The Morgan fingerprint density at radius 2 is 1.90 bits per heavy atom. The maximum absolute atomic E-state index is 15.3. The van der Waals surface area contributed by atoms with Crippen molar-refractivity contribution in [2.75, 3.05) is 6.61 Å². The van der Waals surface area contributed by atoms with Gasteiger partial charge in [-0.3, -0.25) is 14.6 Å². The van der Waals surface area contributed by atoms with E-state index in [1.807, 2.05) is 38.1 Å². The first kappa shape index (κ1) is 25.9. The summed E-state index contributed by atoms with van der Waals surface area (Å²) in [7, 11) is 1.67. The molecule has 204 valence electrons. The minimum Gasteiger partial charge on any atom is -0.493 e. The molecule has 0 saturated carbocycles. The lowest BCUT2D eigenvalue weighted by Gasteiger charge is -2.18. The summed E-state index contributed by atoms with van der Waals surface area (Å²) in [6.45, 7) is 4.42. The summed E-state index contributed by atoms with van der Waals surface area (Å²) in [5, 5.41) is 9.16. The van der Waals surface area contributed by atoms with Gasteiger partial charge in [0.1, 0.15) is 11.6 Å². The first-order valence-electron chi connectivity index (χ1n) is 13.5. The number of aromatic nitrogens is 3. The third-order valence-corrected chi connectivity index (χ3v) is 8.24. The molecular formula is C32H30FN3O4. The Hall–Kier alpha value is -4.33. The molecule has 8 heteroatoms. The molecule has 40 heavy (non-hydrogen) atoms. The number of carboxylic acid groups (broad SMARTS) is 1. The second-order valence-corrected chi connectivity index (χ2v) is 11.0. The Labute approximate surface area is 231 Å². The highest BCUT2D eigenvalue weighted by Gasteiger charge is 2.31. The number of nitrogens with zero attached hydrogens (tertiary/aromatic N) is 3. The SMILES string of the molecule is Cc1cc(-c2cc(=O)n(C)cn2)cc(C)c1-c1ccc(F)c2c1CC[C@H]2Cc1cc2c(cn1)[C@H](CC(=O)O)CO2. The Balaban J connectivity index is 1.31. The summed E-state index contributed by atoms with van der Waals surface area (Å²) in [6.07, 6.45) is 5.43. The smallest absolute Gasteiger partial charge is 0.304 e. The minimum atomic E-state index is -0.859. The first-order valence-corrected chi connectivity index (χ1v) is 13.5. The number of carbonyl (C=O) groups is 1. The third-order valence-electron chi connectivity index (χ3n) is 8.24. The van der Waals surface area contributed by atoms with Crippen LogP contribution in [-0.4, -0.2) is 32.2 Å². The molecule has 6 rings (SSSR count). The fourth-order valence-corrected chi connectivity index (χ4v) is 6.35. The molecule has 7 nitrogen and oxygen atoms in total. The number of rotatable bonds is 6. The summed E-state index contributed by atoms with van der Waals surface area (Å²) in [5.74, 6) is -0.581. The Bertz CT molecular complexity index is 1710. The second-order valence-electron chi connectivity index (χ2n) is 11.0. The molecule has 0 spiro atoms. The van der Waals surface area contributed by atoms with E-state index in [0.717, 1.165) is 63.0 Å². The predicted octanol–water partition coefficient (Wildman–Crippen LogP) is 5.49. The average molecular weight is 540 g/mol. The van der Waals surface area contributed by atoms with E-state index < -0.39 is 5.97 Å². The van der Waals surface area contributed by atoms with Crippen molar-refractivity contribution in [1.29, 1.82) is 0 Å². The average Bonchev–Trinajstić information content (AvgIpc) is 3.51. The number of hydrogen-bond acceptors (Lipinski definition) is 5. The van der Waals surface area contributed by atoms with Crippen LogP contribution < -0.4 is 10.3 Å². The van der Waals surface area contributed by atoms with Crippen LogP contribution in [0, 0.1) is 19.7 Å². The first-order chi connectivity index (χ1) is 19.2. The van der Waals surface area contributed by atoms with E-state index in [1.54, 1.807) is 25.4 Å². The molecule has 0 unspecified atom stereocenters. The van der Waals surface area contributed by atoms with E-state index in [0.29, 0.717) is 24.5 Å².